The zero-order valence-corrected chi connectivity index (χ0v) is 27.8. The van der Waals surface area contributed by atoms with Crippen molar-refractivity contribution in [3.63, 3.8) is 0 Å². The number of esters is 6. The van der Waals surface area contributed by atoms with Crippen molar-refractivity contribution in [3.8, 4) is 0 Å². The summed E-state index contributed by atoms with van der Waals surface area (Å²) in [6.07, 6.45) is 11.2. The summed E-state index contributed by atoms with van der Waals surface area (Å²) in [6, 6.07) is 0. The Bertz CT molecular complexity index is 1600. The van der Waals surface area contributed by atoms with E-state index in [4.69, 9.17) is 33.2 Å². The van der Waals surface area contributed by atoms with Crippen LogP contribution in [-0.4, -0.2) is 64.9 Å². The predicted molar refractivity (Wildman–Crippen MR) is 167 cm³/mol. The first-order valence-corrected chi connectivity index (χ1v) is 15.7. The van der Waals surface area contributed by atoms with E-state index in [-0.39, 0.29) is 56.3 Å². The highest BCUT2D eigenvalue weighted by molar-refractivity contribution is 6.16. The van der Waals surface area contributed by atoms with Gasteiger partial charge in [-0.2, -0.15) is 0 Å². The fourth-order valence-corrected chi connectivity index (χ4v) is 5.24. The molecule has 14 nitrogen and oxygen atoms in total. The summed E-state index contributed by atoms with van der Waals surface area (Å²) in [7, 11) is 0. The van der Waals surface area contributed by atoms with E-state index in [1.807, 2.05) is 13.0 Å². The third-order valence-corrected chi connectivity index (χ3v) is 7.90. The molecule has 14 heteroatoms. The molecular formula is C35H38O14. The van der Waals surface area contributed by atoms with Crippen molar-refractivity contribution in [1.29, 1.82) is 0 Å². The summed E-state index contributed by atoms with van der Waals surface area (Å²) in [5.74, 6) is -10.5. The van der Waals surface area contributed by atoms with Gasteiger partial charge in [0, 0.05) is 39.0 Å². The van der Waals surface area contributed by atoms with E-state index in [0.29, 0.717) is 5.57 Å². The van der Waals surface area contributed by atoms with Gasteiger partial charge in [0.25, 0.3) is 23.3 Å². The van der Waals surface area contributed by atoms with Gasteiger partial charge in [-0.1, -0.05) is 41.5 Å². The summed E-state index contributed by atoms with van der Waals surface area (Å²) in [6.45, 7) is 8.48. The van der Waals surface area contributed by atoms with Crippen LogP contribution in [-0.2, 0) is 61.9 Å². The summed E-state index contributed by atoms with van der Waals surface area (Å²) in [5, 5.41) is 10.3. The molecule has 0 aromatic rings. The maximum atomic E-state index is 12.9. The molecule has 2 saturated heterocycles. The topological polar surface area (TPSA) is 187 Å². The van der Waals surface area contributed by atoms with Crippen LogP contribution in [0.25, 0.3) is 0 Å². The first-order valence-electron chi connectivity index (χ1n) is 15.7. The molecule has 1 N–H and O–H groups in total. The maximum Gasteiger partial charge on any atom is 0.348 e. The van der Waals surface area contributed by atoms with E-state index in [0.717, 1.165) is 5.57 Å². The molecule has 3 aliphatic heterocycles. The number of carbonyl (C=O) groups excluding carboxylic acids is 6. The Hall–Kier alpha value is -5.40. The molecule has 49 heavy (non-hydrogen) atoms. The van der Waals surface area contributed by atoms with Gasteiger partial charge in [0.1, 0.15) is 16.7 Å². The van der Waals surface area contributed by atoms with Gasteiger partial charge in [-0.15, -0.1) is 0 Å². The highest BCUT2D eigenvalue weighted by Crippen LogP contribution is 2.45. The van der Waals surface area contributed by atoms with Crippen LogP contribution < -0.4 is 0 Å². The van der Waals surface area contributed by atoms with Crippen LogP contribution in [0, 0.1) is 0 Å². The normalized spacial score (nSPS) is 27.9. The fraction of sp³-hybridized carbons (Fsp3) is 0.429. The Balaban J connectivity index is 1.36. The van der Waals surface area contributed by atoms with Crippen molar-refractivity contribution < 1.29 is 67.0 Å². The lowest BCUT2D eigenvalue weighted by molar-refractivity contribution is -0.291. The van der Waals surface area contributed by atoms with Gasteiger partial charge in [0.15, 0.2) is 0 Å². The van der Waals surface area contributed by atoms with Crippen LogP contribution in [0.5, 0.6) is 0 Å². The largest absolute Gasteiger partial charge is 0.480 e. The van der Waals surface area contributed by atoms with Crippen molar-refractivity contribution in [2.45, 2.75) is 90.5 Å². The Kier molecular flexibility index (Phi) is 11.0. The molecule has 1 atom stereocenters. The Morgan fingerprint density at radius 1 is 0.755 bits per heavy atom. The molecule has 0 radical (unpaired) electrons. The van der Waals surface area contributed by atoms with E-state index in [9.17, 15) is 33.9 Å². The third kappa shape index (κ3) is 8.75. The minimum atomic E-state index is -1.63. The summed E-state index contributed by atoms with van der Waals surface area (Å²) >= 11 is 0. The number of ether oxygens (including phenoxy) is 7. The first kappa shape index (κ1) is 36.4. The number of hydrogen-bond acceptors (Lipinski definition) is 14. The maximum absolute atomic E-state index is 12.9. The summed E-state index contributed by atoms with van der Waals surface area (Å²) in [4.78, 5) is 75.3. The number of hydrogen-bond donors (Lipinski definition) is 1. The second-order valence-electron chi connectivity index (χ2n) is 11.8. The number of aliphatic hydroxyl groups is 1. The zero-order chi connectivity index (χ0) is 36.0. The Morgan fingerprint density at radius 3 is 1.65 bits per heavy atom. The molecule has 0 aromatic heterocycles. The smallest absolute Gasteiger partial charge is 0.348 e. The fourth-order valence-electron chi connectivity index (χ4n) is 5.24. The second kappa shape index (κ2) is 14.8. The van der Waals surface area contributed by atoms with Crippen LogP contribution >= 0.6 is 0 Å². The Morgan fingerprint density at radius 2 is 1.22 bits per heavy atom. The molecule has 2 spiro atoms. The van der Waals surface area contributed by atoms with Gasteiger partial charge in [-0.3, -0.25) is 4.79 Å². The highest BCUT2D eigenvalue weighted by atomic mass is 16.8. The Labute approximate surface area is 282 Å². The molecule has 0 aromatic carbocycles. The molecule has 1 unspecified atom stereocenters. The van der Waals surface area contributed by atoms with E-state index < -0.39 is 64.7 Å². The van der Waals surface area contributed by atoms with E-state index in [1.165, 1.54) is 37.3 Å². The monoisotopic (exact) mass is 682 g/mol. The van der Waals surface area contributed by atoms with Gasteiger partial charge < -0.3 is 38.3 Å². The SMILES string of the molecule is C/C=C/C(C)=C/C=C1C(=O)OC2(CCC3(CC2)OC(=O)C(=C/C=C(C)/C=C/C2=C(O)OC(C)(CCC(=O)OCC)OC2=O)C(=O)O3)OC1=O. The van der Waals surface area contributed by atoms with Crippen LogP contribution in [0.4, 0.5) is 0 Å². The van der Waals surface area contributed by atoms with Crippen molar-refractivity contribution >= 4 is 35.8 Å². The number of rotatable bonds is 9. The molecule has 0 bridgehead atoms. The lowest BCUT2D eigenvalue weighted by atomic mass is 9.87. The number of allylic oxidation sites excluding steroid dienone is 9. The number of carbonyl (C=O) groups is 6. The second-order valence-corrected chi connectivity index (χ2v) is 11.8. The van der Waals surface area contributed by atoms with Crippen molar-refractivity contribution in [1.82, 2.24) is 0 Å². The van der Waals surface area contributed by atoms with Gasteiger partial charge in [-0.25, -0.2) is 24.0 Å². The number of aliphatic hydroxyl groups excluding tert-OH is 1. The van der Waals surface area contributed by atoms with Crippen LogP contribution in [0.1, 0.15) is 73.1 Å². The van der Waals surface area contributed by atoms with Gasteiger partial charge in [0.2, 0.25) is 0 Å². The van der Waals surface area contributed by atoms with E-state index >= 15 is 0 Å². The van der Waals surface area contributed by atoms with Crippen LogP contribution in [0.2, 0.25) is 0 Å². The standard InChI is InChI=1S/C35H38O14/c1-6-8-21(3)9-12-24-29(39)46-34(47-30(24)40)17-19-35(20-18-34)48-31(41)25(32(42)49-35)14-11-22(4)10-13-23-27(37)44-33(5,45-28(23)38)16-15-26(36)43-7-2/h6,8-14,37H,7,15-20H2,1-5H3/b8-6+,13-10+,21-9+,22-11+,24-12?,25-14?. The highest BCUT2D eigenvalue weighted by Gasteiger charge is 2.56. The quantitative estimate of drug-likeness (QED) is 0.118. The van der Waals surface area contributed by atoms with Crippen LogP contribution in [0.3, 0.4) is 0 Å². The van der Waals surface area contributed by atoms with E-state index in [2.05, 4.69) is 0 Å². The average molecular weight is 683 g/mol. The minimum Gasteiger partial charge on any atom is -0.480 e. The van der Waals surface area contributed by atoms with Crippen molar-refractivity contribution in [2.75, 3.05) is 6.61 Å². The van der Waals surface area contributed by atoms with Gasteiger partial charge in [-0.05, 0) is 45.9 Å². The molecule has 3 fully saturated rings. The third-order valence-electron chi connectivity index (χ3n) is 7.90. The lowest BCUT2D eigenvalue weighted by Crippen LogP contribution is -2.56. The average Bonchev–Trinajstić information content (AvgIpc) is 3.01. The predicted octanol–water partition coefficient (Wildman–Crippen LogP) is 4.43. The molecule has 262 valence electrons. The minimum absolute atomic E-state index is 0.0475. The molecule has 4 aliphatic rings. The van der Waals surface area contributed by atoms with Crippen molar-refractivity contribution in [2.24, 2.45) is 0 Å². The van der Waals surface area contributed by atoms with Gasteiger partial charge in [0.05, 0.1) is 13.0 Å². The number of cyclic esters (lactones) is 1. The van der Waals surface area contributed by atoms with Crippen LogP contribution in [0.15, 0.2) is 82.4 Å². The molecular weight excluding hydrogens is 644 g/mol. The lowest BCUT2D eigenvalue weighted by Gasteiger charge is -2.46. The molecule has 1 aliphatic carbocycles. The zero-order valence-electron chi connectivity index (χ0n) is 27.8. The summed E-state index contributed by atoms with van der Waals surface area (Å²) < 4.78 is 37.6. The molecule has 1 saturated carbocycles. The molecule has 3 heterocycles. The first-order chi connectivity index (χ1) is 23.1. The molecule has 4 rings (SSSR count). The van der Waals surface area contributed by atoms with E-state index in [1.54, 1.807) is 32.9 Å². The summed E-state index contributed by atoms with van der Waals surface area (Å²) in [5.41, 5.74) is 0.300. The van der Waals surface area contributed by atoms with Crippen molar-refractivity contribution in [3.05, 3.63) is 82.4 Å². The molecule has 0 amide bonds. The van der Waals surface area contributed by atoms with Gasteiger partial charge >= 0.3 is 35.8 Å².